The molecule has 0 fully saturated rings. The third-order valence-corrected chi connectivity index (χ3v) is 2.47. The van der Waals surface area contributed by atoms with Gasteiger partial charge in [0.25, 0.3) is 6.73 Å². The maximum Gasteiger partial charge on any atom is 0.305 e. The summed E-state index contributed by atoms with van der Waals surface area (Å²) >= 11 is 0. The third kappa shape index (κ3) is 5.45. The molecule has 0 saturated heterocycles. The summed E-state index contributed by atoms with van der Waals surface area (Å²) < 4.78 is 12.0. The fraction of sp³-hybridized carbons (Fsp3) is 0.538. The van der Waals surface area contributed by atoms with Crippen LogP contribution in [0.2, 0.25) is 0 Å². The molecule has 0 atom stereocenters. The number of rotatable bonds is 7. The standard InChI is InChI=1S/C13H20NO3/c1-3-12-6-4-8-14(10-12)11-17-9-5-7-13(15)16-2/h4,6,8,10H,3,5,7,9,11H2,1-2H3/q+1. The SMILES string of the molecule is CCc1ccc[n+](COCCCC(=O)OC)c1. The van der Waals surface area contributed by atoms with Crippen molar-refractivity contribution < 1.29 is 18.8 Å². The van der Waals surface area contributed by atoms with Crippen molar-refractivity contribution in [2.45, 2.75) is 32.9 Å². The van der Waals surface area contributed by atoms with Gasteiger partial charge in [-0.05, 0) is 18.9 Å². The van der Waals surface area contributed by atoms with Crippen molar-refractivity contribution >= 4 is 5.97 Å². The minimum atomic E-state index is -0.186. The van der Waals surface area contributed by atoms with Crippen LogP contribution in [0.3, 0.4) is 0 Å². The van der Waals surface area contributed by atoms with E-state index in [0.29, 0.717) is 26.2 Å². The van der Waals surface area contributed by atoms with Crippen LogP contribution in [-0.2, 0) is 27.4 Å². The number of aryl methyl sites for hydroxylation is 1. The van der Waals surface area contributed by atoms with Gasteiger partial charge in [-0.25, -0.2) is 0 Å². The van der Waals surface area contributed by atoms with Gasteiger partial charge in [-0.15, -0.1) is 0 Å². The number of carbonyl (C=O) groups is 1. The van der Waals surface area contributed by atoms with Crippen LogP contribution in [0, 0.1) is 0 Å². The molecule has 17 heavy (non-hydrogen) atoms. The Morgan fingerprint density at radius 2 is 2.29 bits per heavy atom. The van der Waals surface area contributed by atoms with Gasteiger partial charge < -0.3 is 9.47 Å². The Morgan fingerprint density at radius 1 is 1.47 bits per heavy atom. The Balaban J connectivity index is 2.19. The van der Waals surface area contributed by atoms with E-state index in [1.807, 2.05) is 16.8 Å². The number of aromatic nitrogens is 1. The molecule has 1 aromatic heterocycles. The topological polar surface area (TPSA) is 39.4 Å². The first-order valence-corrected chi connectivity index (χ1v) is 5.88. The molecular weight excluding hydrogens is 218 g/mol. The normalized spacial score (nSPS) is 10.2. The van der Waals surface area contributed by atoms with Crippen molar-refractivity contribution in [2.75, 3.05) is 13.7 Å². The van der Waals surface area contributed by atoms with Gasteiger partial charge in [-0.1, -0.05) is 6.92 Å². The van der Waals surface area contributed by atoms with Gasteiger partial charge in [-0.2, -0.15) is 4.57 Å². The van der Waals surface area contributed by atoms with Gasteiger partial charge in [-0.3, -0.25) is 4.79 Å². The first-order valence-electron chi connectivity index (χ1n) is 5.88. The summed E-state index contributed by atoms with van der Waals surface area (Å²) in [7, 11) is 1.40. The molecule has 0 saturated carbocycles. The van der Waals surface area contributed by atoms with Crippen molar-refractivity contribution in [1.82, 2.24) is 0 Å². The van der Waals surface area contributed by atoms with Gasteiger partial charge in [0.05, 0.1) is 13.7 Å². The van der Waals surface area contributed by atoms with E-state index < -0.39 is 0 Å². The number of hydrogen-bond acceptors (Lipinski definition) is 3. The van der Waals surface area contributed by atoms with E-state index >= 15 is 0 Å². The van der Waals surface area contributed by atoms with Crippen LogP contribution in [0.1, 0.15) is 25.3 Å². The molecule has 0 N–H and O–H groups in total. The fourth-order valence-corrected chi connectivity index (χ4v) is 1.46. The molecule has 0 radical (unpaired) electrons. The number of nitrogens with zero attached hydrogens (tertiary/aromatic N) is 1. The van der Waals surface area contributed by atoms with Crippen LogP contribution < -0.4 is 4.57 Å². The van der Waals surface area contributed by atoms with Crippen molar-refractivity contribution in [3.8, 4) is 0 Å². The highest BCUT2D eigenvalue weighted by Crippen LogP contribution is 1.95. The van der Waals surface area contributed by atoms with Crippen LogP contribution in [0.25, 0.3) is 0 Å². The average molecular weight is 238 g/mol. The van der Waals surface area contributed by atoms with E-state index in [1.165, 1.54) is 12.7 Å². The lowest BCUT2D eigenvalue weighted by Crippen LogP contribution is -2.34. The van der Waals surface area contributed by atoms with Crippen LogP contribution in [0.5, 0.6) is 0 Å². The smallest absolute Gasteiger partial charge is 0.305 e. The summed E-state index contributed by atoms with van der Waals surface area (Å²) in [6, 6.07) is 4.10. The second-order valence-corrected chi connectivity index (χ2v) is 3.80. The zero-order valence-electron chi connectivity index (χ0n) is 10.5. The maximum absolute atomic E-state index is 10.8. The molecule has 94 valence electrons. The summed E-state index contributed by atoms with van der Waals surface area (Å²) in [6.07, 6.45) is 6.17. The Bertz CT molecular complexity index is 352. The zero-order chi connectivity index (χ0) is 12.5. The molecule has 0 bridgehead atoms. The largest absolute Gasteiger partial charge is 0.469 e. The minimum Gasteiger partial charge on any atom is -0.469 e. The van der Waals surface area contributed by atoms with Gasteiger partial charge in [0, 0.05) is 18.1 Å². The molecule has 4 nitrogen and oxygen atoms in total. The summed E-state index contributed by atoms with van der Waals surface area (Å²) in [5, 5.41) is 0. The van der Waals surface area contributed by atoms with Crippen molar-refractivity contribution in [2.24, 2.45) is 0 Å². The summed E-state index contributed by atoms with van der Waals surface area (Å²) in [5.41, 5.74) is 1.28. The molecule has 0 aliphatic rings. The Hall–Kier alpha value is -1.42. The lowest BCUT2D eigenvalue weighted by molar-refractivity contribution is -0.733. The lowest BCUT2D eigenvalue weighted by atomic mass is 10.2. The molecule has 0 aromatic carbocycles. The molecule has 1 aromatic rings. The van der Waals surface area contributed by atoms with Crippen molar-refractivity contribution in [1.29, 1.82) is 0 Å². The van der Waals surface area contributed by atoms with E-state index in [4.69, 9.17) is 4.74 Å². The molecule has 0 amide bonds. The van der Waals surface area contributed by atoms with Crippen molar-refractivity contribution in [3.63, 3.8) is 0 Å². The zero-order valence-corrected chi connectivity index (χ0v) is 10.5. The van der Waals surface area contributed by atoms with Gasteiger partial charge >= 0.3 is 5.97 Å². The molecule has 0 aliphatic carbocycles. The Labute approximate surface area is 102 Å². The van der Waals surface area contributed by atoms with Crippen molar-refractivity contribution in [3.05, 3.63) is 30.1 Å². The van der Waals surface area contributed by atoms with E-state index in [1.54, 1.807) is 0 Å². The highest BCUT2D eigenvalue weighted by Gasteiger charge is 2.03. The van der Waals surface area contributed by atoms with E-state index in [0.717, 1.165) is 6.42 Å². The predicted octanol–water partition coefficient (Wildman–Crippen LogP) is 1.46. The van der Waals surface area contributed by atoms with Gasteiger partial charge in [0.15, 0.2) is 12.4 Å². The Kier molecular flexibility index (Phi) is 6.25. The van der Waals surface area contributed by atoms with Gasteiger partial charge in [0.2, 0.25) is 0 Å². The fourth-order valence-electron chi connectivity index (χ4n) is 1.46. The molecule has 0 aliphatic heterocycles. The van der Waals surface area contributed by atoms with Gasteiger partial charge in [0.1, 0.15) is 0 Å². The summed E-state index contributed by atoms with van der Waals surface area (Å²) in [4.78, 5) is 10.8. The maximum atomic E-state index is 10.8. The number of methoxy groups -OCH3 is 1. The van der Waals surface area contributed by atoms with Crippen LogP contribution in [0.4, 0.5) is 0 Å². The number of ether oxygens (including phenoxy) is 2. The number of pyridine rings is 1. The summed E-state index contributed by atoms with van der Waals surface area (Å²) in [5.74, 6) is -0.186. The van der Waals surface area contributed by atoms with E-state index in [2.05, 4.69) is 23.9 Å². The molecule has 0 unspecified atom stereocenters. The van der Waals surface area contributed by atoms with E-state index in [9.17, 15) is 4.79 Å². The molecular formula is C13H20NO3+. The first-order chi connectivity index (χ1) is 8.26. The Morgan fingerprint density at radius 3 is 3.00 bits per heavy atom. The molecule has 4 heteroatoms. The summed E-state index contributed by atoms with van der Waals surface area (Å²) in [6.45, 7) is 3.21. The average Bonchev–Trinajstić information content (AvgIpc) is 2.38. The molecule has 1 heterocycles. The number of carbonyl (C=O) groups excluding carboxylic acids is 1. The lowest BCUT2D eigenvalue weighted by Gasteiger charge is -2.01. The number of esters is 1. The minimum absolute atomic E-state index is 0.186. The van der Waals surface area contributed by atoms with Crippen LogP contribution >= 0.6 is 0 Å². The monoisotopic (exact) mass is 238 g/mol. The highest BCUT2D eigenvalue weighted by molar-refractivity contribution is 5.68. The second-order valence-electron chi connectivity index (χ2n) is 3.80. The number of hydrogen-bond donors (Lipinski definition) is 0. The second kappa shape index (κ2) is 7.79. The third-order valence-electron chi connectivity index (χ3n) is 2.47. The highest BCUT2D eigenvalue weighted by atomic mass is 16.5. The molecule has 1 rings (SSSR count). The molecule has 0 spiro atoms. The van der Waals surface area contributed by atoms with Crippen LogP contribution in [0.15, 0.2) is 24.5 Å². The van der Waals surface area contributed by atoms with Crippen LogP contribution in [-0.4, -0.2) is 19.7 Å². The first kappa shape index (κ1) is 13.6. The predicted molar refractivity (Wildman–Crippen MR) is 63.2 cm³/mol. The van der Waals surface area contributed by atoms with E-state index in [-0.39, 0.29) is 5.97 Å². The quantitative estimate of drug-likeness (QED) is 0.410.